The smallest absolute Gasteiger partial charge is 0.0818 e. The Morgan fingerprint density at radius 3 is 2.45 bits per heavy atom. The van der Waals surface area contributed by atoms with E-state index in [-0.39, 0.29) is 0 Å². The Balaban J connectivity index is 2.12. The number of ether oxygens (including phenoxy) is 1. The van der Waals surface area contributed by atoms with Crippen LogP contribution in [-0.4, -0.2) is 36.8 Å². The van der Waals surface area contributed by atoms with E-state index in [0.29, 0.717) is 12.1 Å². The summed E-state index contributed by atoms with van der Waals surface area (Å²) in [5.41, 5.74) is 0. The maximum absolute atomic E-state index is 5.96. The van der Waals surface area contributed by atoms with Crippen molar-refractivity contribution in [1.29, 1.82) is 0 Å². The minimum absolute atomic E-state index is 0.445. The maximum atomic E-state index is 5.96. The lowest BCUT2D eigenvalue weighted by molar-refractivity contribution is 0.0441. The topological polar surface area (TPSA) is 21.3 Å². The first-order chi connectivity index (χ1) is 9.88. The van der Waals surface area contributed by atoms with E-state index in [1.54, 1.807) is 0 Å². The van der Waals surface area contributed by atoms with Crippen molar-refractivity contribution in [2.24, 2.45) is 0 Å². The van der Waals surface area contributed by atoms with Crippen LogP contribution in [0.5, 0.6) is 0 Å². The first kappa shape index (κ1) is 18.3. The van der Waals surface area contributed by atoms with Crippen molar-refractivity contribution in [3.63, 3.8) is 0 Å². The van der Waals surface area contributed by atoms with Crippen LogP contribution in [0.1, 0.15) is 71.6 Å². The predicted molar refractivity (Wildman–Crippen MR) is 91.8 cm³/mol. The molecule has 0 saturated carbocycles. The Bertz CT molecular complexity index is 207. The van der Waals surface area contributed by atoms with Gasteiger partial charge < -0.3 is 10.1 Å². The summed E-state index contributed by atoms with van der Waals surface area (Å²) in [5, 5.41) is 3.71. The van der Waals surface area contributed by atoms with Gasteiger partial charge in [-0.1, -0.05) is 58.8 Å². The molecule has 1 N–H and O–H groups in total. The average Bonchev–Trinajstić information content (AvgIpc) is 2.50. The van der Waals surface area contributed by atoms with E-state index < -0.39 is 0 Å². The fraction of sp³-hybridized carbons (Fsp3) is 1.00. The number of hydrogen-bond donors (Lipinski definition) is 1. The van der Waals surface area contributed by atoms with Gasteiger partial charge in [0.1, 0.15) is 0 Å². The summed E-state index contributed by atoms with van der Waals surface area (Å²) in [5.74, 6) is 2.35. The molecule has 120 valence electrons. The molecule has 0 aromatic heterocycles. The fourth-order valence-electron chi connectivity index (χ4n) is 2.81. The molecule has 3 heteroatoms. The molecule has 2 nitrogen and oxygen atoms in total. The van der Waals surface area contributed by atoms with Crippen LogP contribution in [-0.2, 0) is 4.74 Å². The third-order valence-corrected chi connectivity index (χ3v) is 5.09. The van der Waals surface area contributed by atoms with Crippen LogP contribution in [0.15, 0.2) is 0 Å². The molecular formula is C17H35NOS. The Hall–Kier alpha value is 0.270. The second-order valence-electron chi connectivity index (χ2n) is 5.95. The molecule has 1 aliphatic heterocycles. The molecule has 0 aromatic carbocycles. The summed E-state index contributed by atoms with van der Waals surface area (Å²) in [7, 11) is 0. The lowest BCUT2D eigenvalue weighted by Gasteiger charge is -2.31. The zero-order chi connectivity index (χ0) is 14.5. The number of nitrogens with one attached hydrogen (secondary N) is 1. The highest BCUT2D eigenvalue weighted by Crippen LogP contribution is 2.19. The molecule has 1 saturated heterocycles. The van der Waals surface area contributed by atoms with Crippen molar-refractivity contribution >= 4 is 11.8 Å². The monoisotopic (exact) mass is 301 g/mol. The Labute approximate surface area is 130 Å². The first-order valence-electron chi connectivity index (χ1n) is 8.81. The van der Waals surface area contributed by atoms with Gasteiger partial charge in [0.05, 0.1) is 12.7 Å². The van der Waals surface area contributed by atoms with Crippen molar-refractivity contribution in [2.45, 2.75) is 83.8 Å². The van der Waals surface area contributed by atoms with Crippen molar-refractivity contribution < 1.29 is 4.74 Å². The van der Waals surface area contributed by atoms with Gasteiger partial charge in [0.2, 0.25) is 0 Å². The van der Waals surface area contributed by atoms with Crippen LogP contribution in [0.25, 0.3) is 0 Å². The summed E-state index contributed by atoms with van der Waals surface area (Å²) in [6.07, 6.45) is 12.7. The van der Waals surface area contributed by atoms with Crippen LogP contribution in [0, 0.1) is 0 Å². The van der Waals surface area contributed by atoms with Gasteiger partial charge in [-0.15, -0.1) is 0 Å². The quantitative estimate of drug-likeness (QED) is 0.531. The minimum atomic E-state index is 0.445. The molecule has 2 atom stereocenters. The van der Waals surface area contributed by atoms with Crippen molar-refractivity contribution in [3.05, 3.63) is 0 Å². The van der Waals surface area contributed by atoms with Gasteiger partial charge in [-0.25, -0.2) is 0 Å². The summed E-state index contributed by atoms with van der Waals surface area (Å²) in [6, 6.07) is 0.582. The first-order valence-corrected chi connectivity index (χ1v) is 9.96. The second kappa shape index (κ2) is 13.0. The van der Waals surface area contributed by atoms with Crippen LogP contribution < -0.4 is 5.32 Å². The Kier molecular flexibility index (Phi) is 11.9. The zero-order valence-corrected chi connectivity index (χ0v) is 14.5. The van der Waals surface area contributed by atoms with Crippen LogP contribution in [0.3, 0.4) is 0 Å². The van der Waals surface area contributed by atoms with Gasteiger partial charge in [-0.05, 0) is 19.4 Å². The molecule has 0 radical (unpaired) electrons. The molecule has 20 heavy (non-hydrogen) atoms. The molecule has 2 unspecified atom stereocenters. The average molecular weight is 302 g/mol. The van der Waals surface area contributed by atoms with Crippen LogP contribution >= 0.6 is 11.8 Å². The van der Waals surface area contributed by atoms with Crippen molar-refractivity contribution in [2.75, 3.05) is 24.7 Å². The van der Waals surface area contributed by atoms with E-state index in [9.17, 15) is 0 Å². The molecule has 0 bridgehead atoms. The highest BCUT2D eigenvalue weighted by atomic mass is 32.2. The molecule has 1 fully saturated rings. The molecule has 0 aromatic rings. The van der Waals surface area contributed by atoms with Gasteiger partial charge in [-0.3, -0.25) is 0 Å². The minimum Gasteiger partial charge on any atom is -0.375 e. The largest absolute Gasteiger partial charge is 0.375 e. The molecular weight excluding hydrogens is 266 g/mol. The highest BCUT2D eigenvalue weighted by molar-refractivity contribution is 7.99. The SMILES string of the molecule is CCCCCCCCCC(NCCC)C1CSCCO1. The summed E-state index contributed by atoms with van der Waals surface area (Å²) >= 11 is 2.05. The third-order valence-electron chi connectivity index (χ3n) is 4.07. The molecule has 1 aliphatic rings. The van der Waals surface area contributed by atoms with E-state index >= 15 is 0 Å². The lowest BCUT2D eigenvalue weighted by atomic mass is 10.0. The fourth-order valence-corrected chi connectivity index (χ4v) is 3.75. The predicted octanol–water partition coefficient (Wildman–Crippen LogP) is 4.63. The number of unbranched alkanes of at least 4 members (excludes halogenated alkanes) is 6. The molecule has 0 spiro atoms. The summed E-state index contributed by atoms with van der Waals surface area (Å²) in [4.78, 5) is 0. The zero-order valence-electron chi connectivity index (χ0n) is 13.7. The van der Waals surface area contributed by atoms with Gasteiger partial charge >= 0.3 is 0 Å². The van der Waals surface area contributed by atoms with Gasteiger partial charge in [0.25, 0.3) is 0 Å². The molecule has 1 heterocycles. The highest BCUT2D eigenvalue weighted by Gasteiger charge is 2.23. The van der Waals surface area contributed by atoms with E-state index in [1.165, 1.54) is 69.3 Å². The maximum Gasteiger partial charge on any atom is 0.0818 e. The van der Waals surface area contributed by atoms with Gasteiger partial charge in [0, 0.05) is 17.5 Å². The standard InChI is InChI=1S/C17H35NOS/c1-3-5-6-7-8-9-10-11-16(18-12-4-2)17-15-20-14-13-19-17/h16-18H,3-15H2,1-2H3. The van der Waals surface area contributed by atoms with E-state index in [2.05, 4.69) is 30.9 Å². The third kappa shape index (κ3) is 8.53. The van der Waals surface area contributed by atoms with E-state index in [1.807, 2.05) is 0 Å². The Morgan fingerprint density at radius 1 is 1.05 bits per heavy atom. The van der Waals surface area contributed by atoms with Gasteiger partial charge in [0.15, 0.2) is 0 Å². The van der Waals surface area contributed by atoms with E-state index in [0.717, 1.165) is 13.2 Å². The van der Waals surface area contributed by atoms with Gasteiger partial charge in [-0.2, -0.15) is 11.8 Å². The molecule has 0 amide bonds. The Morgan fingerprint density at radius 2 is 1.80 bits per heavy atom. The van der Waals surface area contributed by atoms with Crippen molar-refractivity contribution in [3.8, 4) is 0 Å². The number of rotatable bonds is 12. The number of hydrogen-bond acceptors (Lipinski definition) is 3. The molecule has 1 rings (SSSR count). The van der Waals surface area contributed by atoms with Crippen molar-refractivity contribution in [1.82, 2.24) is 5.32 Å². The summed E-state index contributed by atoms with van der Waals surface area (Å²) < 4.78 is 5.96. The second-order valence-corrected chi connectivity index (χ2v) is 7.10. The number of thioether (sulfide) groups is 1. The molecule has 0 aliphatic carbocycles. The van der Waals surface area contributed by atoms with Crippen LogP contribution in [0.2, 0.25) is 0 Å². The van der Waals surface area contributed by atoms with E-state index in [4.69, 9.17) is 4.74 Å². The lowest BCUT2D eigenvalue weighted by Crippen LogP contribution is -2.45. The summed E-state index contributed by atoms with van der Waals surface area (Å²) in [6.45, 7) is 6.60. The van der Waals surface area contributed by atoms with Crippen LogP contribution in [0.4, 0.5) is 0 Å². The normalized spacial score (nSPS) is 21.0.